The minimum atomic E-state index is -0.567. The summed E-state index contributed by atoms with van der Waals surface area (Å²) in [7, 11) is 1.60. The molecule has 0 fully saturated rings. The largest absolute Gasteiger partial charge is 0.467 e. The number of hydrogen-bond acceptors (Lipinski definition) is 4. The molecule has 1 N–H and O–H groups in total. The van der Waals surface area contributed by atoms with Crippen molar-refractivity contribution in [3.63, 3.8) is 0 Å². The monoisotopic (exact) mass is 350 g/mol. The van der Waals surface area contributed by atoms with Crippen LogP contribution in [0.3, 0.4) is 0 Å². The van der Waals surface area contributed by atoms with Crippen LogP contribution in [0.25, 0.3) is 21.8 Å². The van der Waals surface area contributed by atoms with Crippen LogP contribution in [-0.2, 0) is 18.4 Å². The van der Waals surface area contributed by atoms with Crippen molar-refractivity contribution in [1.82, 2.24) is 19.7 Å². The van der Waals surface area contributed by atoms with E-state index in [9.17, 15) is 9.59 Å². The van der Waals surface area contributed by atoms with Gasteiger partial charge in [-0.25, -0.2) is 4.68 Å². The molecule has 0 radical (unpaired) electrons. The summed E-state index contributed by atoms with van der Waals surface area (Å²) in [6, 6.07) is 10.6. The number of furan rings is 1. The summed E-state index contributed by atoms with van der Waals surface area (Å²) in [6.45, 7) is 2.08. The number of aryl methyl sites for hydroxylation is 1. The van der Waals surface area contributed by atoms with Gasteiger partial charge in [0.15, 0.2) is 0 Å². The van der Waals surface area contributed by atoms with Crippen LogP contribution >= 0.6 is 0 Å². The molecule has 1 amide bonds. The van der Waals surface area contributed by atoms with E-state index >= 15 is 0 Å². The molecule has 3 heterocycles. The molecule has 132 valence electrons. The normalized spacial score (nSPS) is 12.5. The first kappa shape index (κ1) is 16.1. The van der Waals surface area contributed by atoms with Gasteiger partial charge in [-0.05, 0) is 25.1 Å². The number of benzene rings is 1. The Labute approximate surface area is 148 Å². The van der Waals surface area contributed by atoms with Gasteiger partial charge in [-0.1, -0.05) is 18.2 Å². The van der Waals surface area contributed by atoms with Crippen LogP contribution in [-0.4, -0.2) is 20.3 Å². The van der Waals surface area contributed by atoms with E-state index in [1.54, 1.807) is 43.1 Å². The van der Waals surface area contributed by atoms with E-state index in [0.29, 0.717) is 17.8 Å². The number of amides is 1. The van der Waals surface area contributed by atoms with Crippen molar-refractivity contribution >= 4 is 27.7 Å². The molecular weight excluding hydrogens is 332 g/mol. The van der Waals surface area contributed by atoms with Crippen LogP contribution in [0.1, 0.15) is 18.7 Å². The van der Waals surface area contributed by atoms with Gasteiger partial charge in [0.1, 0.15) is 17.3 Å². The summed E-state index contributed by atoms with van der Waals surface area (Å²) in [6.07, 6.45) is 3.23. The fourth-order valence-corrected chi connectivity index (χ4v) is 3.24. The van der Waals surface area contributed by atoms with Gasteiger partial charge in [0.2, 0.25) is 5.91 Å². The maximum absolute atomic E-state index is 12.7. The number of rotatable bonds is 4. The second kappa shape index (κ2) is 6.18. The van der Waals surface area contributed by atoms with Gasteiger partial charge in [-0.2, -0.15) is 5.10 Å². The van der Waals surface area contributed by atoms with E-state index in [1.807, 2.05) is 24.3 Å². The molecule has 26 heavy (non-hydrogen) atoms. The molecule has 1 atom stereocenters. The molecule has 0 aliphatic heterocycles. The topological polar surface area (TPSA) is 82.1 Å². The Balaban J connectivity index is 1.82. The maximum Gasteiger partial charge on any atom is 0.291 e. The Hall–Kier alpha value is -3.35. The highest BCUT2D eigenvalue weighted by atomic mass is 16.3. The van der Waals surface area contributed by atoms with Gasteiger partial charge < -0.3 is 14.3 Å². The predicted molar refractivity (Wildman–Crippen MR) is 97.7 cm³/mol. The Bertz CT molecular complexity index is 1150. The molecule has 3 aromatic heterocycles. The van der Waals surface area contributed by atoms with E-state index < -0.39 is 6.04 Å². The van der Waals surface area contributed by atoms with Gasteiger partial charge in [0.25, 0.3) is 5.56 Å². The molecule has 0 saturated carbocycles. The van der Waals surface area contributed by atoms with E-state index in [1.165, 1.54) is 4.68 Å². The predicted octanol–water partition coefficient (Wildman–Crippen LogP) is 2.36. The smallest absolute Gasteiger partial charge is 0.291 e. The molecule has 0 aliphatic rings. The van der Waals surface area contributed by atoms with Crippen LogP contribution in [0.2, 0.25) is 0 Å². The van der Waals surface area contributed by atoms with Crippen LogP contribution in [0, 0.1) is 0 Å². The molecule has 7 heteroatoms. The molecule has 4 rings (SSSR count). The molecule has 0 aliphatic carbocycles. The number of carbonyl (C=O) groups excluding carboxylic acids is 1. The lowest BCUT2D eigenvalue weighted by Crippen LogP contribution is -2.32. The van der Waals surface area contributed by atoms with E-state index in [2.05, 4.69) is 10.4 Å². The van der Waals surface area contributed by atoms with E-state index in [-0.39, 0.29) is 11.5 Å². The van der Waals surface area contributed by atoms with Gasteiger partial charge in [-0.3, -0.25) is 9.59 Å². The lowest BCUT2D eigenvalue weighted by Gasteiger charge is -2.16. The van der Waals surface area contributed by atoms with Crippen molar-refractivity contribution in [2.75, 3.05) is 0 Å². The zero-order valence-electron chi connectivity index (χ0n) is 14.5. The number of aromatic nitrogens is 3. The first-order chi connectivity index (χ1) is 12.6. The third-order valence-electron chi connectivity index (χ3n) is 4.59. The third-order valence-corrected chi connectivity index (χ3v) is 4.59. The minimum absolute atomic E-state index is 0.192. The maximum atomic E-state index is 12.7. The fraction of sp³-hybridized carbons (Fsp3) is 0.211. The average molecular weight is 350 g/mol. The van der Waals surface area contributed by atoms with Gasteiger partial charge in [-0.15, -0.1) is 0 Å². The summed E-state index contributed by atoms with van der Waals surface area (Å²) in [5.41, 5.74) is 1.07. The van der Waals surface area contributed by atoms with E-state index in [4.69, 9.17) is 4.42 Å². The lowest BCUT2D eigenvalue weighted by atomic mass is 10.2. The number of hydrogen-bond donors (Lipinski definition) is 1. The number of fused-ring (bicyclic) bond motifs is 3. The Morgan fingerprint density at radius 3 is 2.81 bits per heavy atom. The van der Waals surface area contributed by atoms with Gasteiger partial charge in [0.05, 0.1) is 24.5 Å². The summed E-state index contributed by atoms with van der Waals surface area (Å²) >= 11 is 0. The fourth-order valence-electron chi connectivity index (χ4n) is 3.24. The molecule has 1 unspecified atom stereocenters. The minimum Gasteiger partial charge on any atom is -0.467 e. The zero-order chi connectivity index (χ0) is 18.3. The van der Waals surface area contributed by atoms with Gasteiger partial charge >= 0.3 is 0 Å². The molecule has 0 bridgehead atoms. The highest BCUT2D eigenvalue weighted by molar-refractivity contribution is 6.08. The molecule has 1 aromatic carbocycles. The highest BCUT2D eigenvalue weighted by Crippen LogP contribution is 2.29. The van der Waals surface area contributed by atoms with Crippen molar-refractivity contribution in [2.45, 2.75) is 19.5 Å². The Kier molecular flexibility index (Phi) is 3.84. The van der Waals surface area contributed by atoms with Crippen LogP contribution < -0.4 is 10.9 Å². The van der Waals surface area contributed by atoms with Crippen LogP contribution in [0.5, 0.6) is 0 Å². The van der Waals surface area contributed by atoms with Crippen LogP contribution in [0.4, 0.5) is 0 Å². The third kappa shape index (κ3) is 2.48. The summed E-state index contributed by atoms with van der Waals surface area (Å²) in [4.78, 5) is 25.4. The van der Waals surface area contributed by atoms with Crippen molar-refractivity contribution in [2.24, 2.45) is 7.05 Å². The first-order valence-electron chi connectivity index (χ1n) is 8.33. The highest BCUT2D eigenvalue weighted by Gasteiger charge is 2.23. The molecule has 0 spiro atoms. The Morgan fingerprint density at radius 1 is 1.23 bits per heavy atom. The lowest BCUT2D eigenvalue weighted by molar-refractivity contribution is -0.123. The molecule has 7 nitrogen and oxygen atoms in total. The number of carbonyl (C=O) groups is 1. The summed E-state index contributed by atoms with van der Waals surface area (Å²) in [5.74, 6) is 0.482. The number of para-hydroxylation sites is 1. The van der Waals surface area contributed by atoms with Crippen molar-refractivity contribution < 1.29 is 9.21 Å². The van der Waals surface area contributed by atoms with Crippen LogP contribution in [0.15, 0.2) is 58.1 Å². The average Bonchev–Trinajstić information content (AvgIpc) is 3.28. The first-order valence-corrected chi connectivity index (χ1v) is 8.33. The van der Waals surface area contributed by atoms with Crippen molar-refractivity contribution in [1.29, 1.82) is 0 Å². The number of nitrogens with zero attached hydrogens (tertiary/aromatic N) is 3. The van der Waals surface area contributed by atoms with Crippen molar-refractivity contribution in [3.05, 3.63) is 65.0 Å². The molecular formula is C19H18N4O3. The number of nitrogens with one attached hydrogen (secondary N) is 1. The molecule has 0 saturated heterocycles. The second-order valence-electron chi connectivity index (χ2n) is 6.20. The summed E-state index contributed by atoms with van der Waals surface area (Å²) in [5, 5.41) is 8.63. The van der Waals surface area contributed by atoms with Crippen molar-refractivity contribution in [3.8, 4) is 0 Å². The zero-order valence-corrected chi connectivity index (χ0v) is 14.5. The Morgan fingerprint density at radius 2 is 2.04 bits per heavy atom. The van der Waals surface area contributed by atoms with E-state index in [0.717, 1.165) is 16.3 Å². The summed E-state index contributed by atoms with van der Waals surface area (Å²) < 4.78 is 8.31. The quantitative estimate of drug-likeness (QED) is 0.612. The van der Waals surface area contributed by atoms with Gasteiger partial charge in [0, 0.05) is 17.8 Å². The SMILES string of the molecule is CC(C(=O)NCc1ccco1)n1c2ccccc2c2cnn(C)c(=O)c21. The molecule has 4 aromatic rings. The second-order valence-corrected chi connectivity index (χ2v) is 6.20. The standard InChI is InChI=1S/C19H18N4O3/c1-12(18(24)20-10-13-6-5-9-26-13)23-16-8-4-3-7-14(16)15-11-21-22(2)19(25)17(15)23/h3-9,11-12H,10H2,1-2H3,(H,20,24).